The summed E-state index contributed by atoms with van der Waals surface area (Å²) in [5.74, 6) is -1.19. The maximum Gasteiger partial charge on any atom is 0.326 e. The molecule has 0 spiro atoms. The highest BCUT2D eigenvalue weighted by molar-refractivity contribution is 6.12. The minimum absolute atomic E-state index is 0.252. The van der Waals surface area contributed by atoms with Crippen molar-refractivity contribution in [2.45, 2.75) is 25.8 Å². The number of amides is 1. The van der Waals surface area contributed by atoms with Crippen LogP contribution in [-0.4, -0.2) is 47.7 Å². The van der Waals surface area contributed by atoms with Gasteiger partial charge in [0.05, 0.1) is 5.57 Å². The summed E-state index contributed by atoms with van der Waals surface area (Å²) in [4.78, 5) is 28.1. The second kappa shape index (κ2) is 5.44. The van der Waals surface area contributed by atoms with Crippen molar-refractivity contribution in [3.05, 3.63) is 11.6 Å². The number of nitrogens with zero attached hydrogens (tertiary/aromatic N) is 2. The van der Waals surface area contributed by atoms with Gasteiger partial charge >= 0.3 is 5.97 Å². The molecule has 1 amide bonds. The van der Waals surface area contributed by atoms with Gasteiger partial charge in [-0.05, 0) is 19.8 Å². The lowest BCUT2D eigenvalue weighted by Gasteiger charge is -2.21. The molecule has 5 nitrogen and oxygen atoms in total. The molecule has 1 heterocycles. The van der Waals surface area contributed by atoms with Gasteiger partial charge in [-0.25, -0.2) is 4.79 Å². The Morgan fingerprint density at radius 2 is 2.19 bits per heavy atom. The second-order valence-electron chi connectivity index (χ2n) is 3.63. The number of likely N-dealkylation sites (tertiary alicyclic amines) is 1. The Hall–Kier alpha value is -1.65. The molecule has 1 atom stereocenters. The van der Waals surface area contributed by atoms with Gasteiger partial charge in [0.15, 0.2) is 0 Å². The largest absolute Gasteiger partial charge is 0.480 e. The normalized spacial score (nSPS) is 21.8. The quantitative estimate of drug-likeness (QED) is 0.567. The summed E-state index contributed by atoms with van der Waals surface area (Å²) in [6.07, 6.45) is 4.37. The second-order valence-corrected chi connectivity index (χ2v) is 3.63. The van der Waals surface area contributed by atoms with E-state index in [-0.39, 0.29) is 5.91 Å². The van der Waals surface area contributed by atoms with E-state index in [1.54, 1.807) is 20.0 Å². The van der Waals surface area contributed by atoms with Crippen molar-refractivity contribution in [2.75, 3.05) is 13.6 Å². The molecule has 0 aromatic carbocycles. The van der Waals surface area contributed by atoms with Crippen LogP contribution in [0, 0.1) is 0 Å². The molecule has 1 rings (SSSR count). The van der Waals surface area contributed by atoms with Gasteiger partial charge in [-0.1, -0.05) is 6.08 Å². The van der Waals surface area contributed by atoms with Crippen molar-refractivity contribution in [2.24, 2.45) is 4.99 Å². The van der Waals surface area contributed by atoms with E-state index in [2.05, 4.69) is 4.99 Å². The molecule has 0 saturated carbocycles. The summed E-state index contributed by atoms with van der Waals surface area (Å²) in [5.41, 5.74) is 0.440. The van der Waals surface area contributed by atoms with E-state index in [9.17, 15) is 9.59 Å². The molecule has 1 N–H and O–H groups in total. The zero-order valence-electron chi connectivity index (χ0n) is 9.51. The van der Waals surface area contributed by atoms with E-state index >= 15 is 0 Å². The summed E-state index contributed by atoms with van der Waals surface area (Å²) >= 11 is 0. The lowest BCUT2D eigenvalue weighted by molar-refractivity contribution is -0.146. The van der Waals surface area contributed by atoms with E-state index in [1.807, 2.05) is 0 Å². The number of carboxylic acids is 1. The number of aliphatic imine (C=N–C) groups is 1. The Balaban J connectivity index is 2.84. The van der Waals surface area contributed by atoms with Crippen molar-refractivity contribution in [3.8, 4) is 0 Å². The topological polar surface area (TPSA) is 70.0 Å². The van der Waals surface area contributed by atoms with Crippen molar-refractivity contribution in [1.29, 1.82) is 0 Å². The first-order chi connectivity index (χ1) is 7.61. The number of rotatable bonds is 3. The number of allylic oxidation sites excluding steroid dienone is 1. The number of hydrogen-bond donors (Lipinski definition) is 1. The predicted octanol–water partition coefficient (Wildman–Crippen LogP) is 0.709. The third kappa shape index (κ3) is 2.48. The molecule has 0 aromatic heterocycles. The fourth-order valence-electron chi connectivity index (χ4n) is 1.82. The molecule has 1 aliphatic rings. The van der Waals surface area contributed by atoms with Crippen LogP contribution in [0.2, 0.25) is 0 Å². The molecule has 0 radical (unpaired) electrons. The fourth-order valence-corrected chi connectivity index (χ4v) is 1.82. The van der Waals surface area contributed by atoms with Crippen LogP contribution in [0.15, 0.2) is 16.6 Å². The Labute approximate surface area is 94.5 Å². The average molecular weight is 224 g/mol. The first-order valence-corrected chi connectivity index (χ1v) is 5.24. The summed E-state index contributed by atoms with van der Waals surface area (Å²) in [6, 6.07) is -0.687. The summed E-state index contributed by atoms with van der Waals surface area (Å²) in [5, 5.41) is 8.97. The highest BCUT2D eigenvalue weighted by Crippen LogP contribution is 2.19. The van der Waals surface area contributed by atoms with Gasteiger partial charge in [-0.2, -0.15) is 0 Å². The van der Waals surface area contributed by atoms with Gasteiger partial charge < -0.3 is 10.0 Å². The van der Waals surface area contributed by atoms with Gasteiger partial charge in [0.1, 0.15) is 6.04 Å². The third-order valence-electron chi connectivity index (χ3n) is 2.62. The molecule has 0 aromatic rings. The average Bonchev–Trinajstić information content (AvgIpc) is 2.73. The van der Waals surface area contributed by atoms with E-state index in [1.165, 1.54) is 11.1 Å². The van der Waals surface area contributed by atoms with Crippen LogP contribution in [-0.2, 0) is 9.59 Å². The molecule has 1 unspecified atom stereocenters. The summed E-state index contributed by atoms with van der Waals surface area (Å²) < 4.78 is 0. The molecule has 0 bridgehead atoms. The molecule has 88 valence electrons. The van der Waals surface area contributed by atoms with Gasteiger partial charge in [-0.3, -0.25) is 9.79 Å². The first-order valence-electron chi connectivity index (χ1n) is 5.24. The van der Waals surface area contributed by atoms with Crippen molar-refractivity contribution < 1.29 is 14.7 Å². The molecular weight excluding hydrogens is 208 g/mol. The number of carbonyl (C=O) groups is 2. The monoisotopic (exact) mass is 224 g/mol. The molecule has 5 heteroatoms. The molecule has 1 saturated heterocycles. The van der Waals surface area contributed by atoms with E-state index in [0.29, 0.717) is 18.5 Å². The summed E-state index contributed by atoms with van der Waals surface area (Å²) in [7, 11) is 1.58. The smallest absolute Gasteiger partial charge is 0.326 e. The third-order valence-corrected chi connectivity index (χ3v) is 2.62. The zero-order valence-corrected chi connectivity index (χ0v) is 9.51. The Morgan fingerprint density at radius 1 is 1.50 bits per heavy atom. The zero-order chi connectivity index (χ0) is 12.1. The maximum atomic E-state index is 12.0. The predicted molar refractivity (Wildman–Crippen MR) is 60.5 cm³/mol. The highest BCUT2D eigenvalue weighted by atomic mass is 16.4. The number of carbonyl (C=O) groups excluding carboxylic acids is 1. The van der Waals surface area contributed by atoms with Gasteiger partial charge in [0.2, 0.25) is 0 Å². The minimum Gasteiger partial charge on any atom is -0.480 e. The molecule has 16 heavy (non-hydrogen) atoms. The SMILES string of the molecule is CC=C(C=NC)C(=O)N1CCCC1C(=O)O. The number of carboxylic acid groups (broad SMARTS) is 1. The van der Waals surface area contributed by atoms with Crippen LogP contribution >= 0.6 is 0 Å². The van der Waals surface area contributed by atoms with Gasteiger partial charge in [0.25, 0.3) is 5.91 Å². The molecule has 0 aliphatic carbocycles. The van der Waals surface area contributed by atoms with Crippen molar-refractivity contribution in [3.63, 3.8) is 0 Å². The molecule has 1 aliphatic heterocycles. The van der Waals surface area contributed by atoms with E-state index in [0.717, 1.165) is 6.42 Å². The fraction of sp³-hybridized carbons (Fsp3) is 0.545. The Kier molecular flexibility index (Phi) is 4.22. The molecular formula is C11H16N2O3. The highest BCUT2D eigenvalue weighted by Gasteiger charge is 2.34. The Morgan fingerprint density at radius 3 is 2.69 bits per heavy atom. The maximum absolute atomic E-state index is 12.0. The van der Waals surface area contributed by atoms with E-state index < -0.39 is 12.0 Å². The van der Waals surface area contributed by atoms with Crippen LogP contribution in [0.3, 0.4) is 0 Å². The van der Waals surface area contributed by atoms with Crippen LogP contribution in [0.1, 0.15) is 19.8 Å². The van der Waals surface area contributed by atoms with Gasteiger partial charge in [-0.15, -0.1) is 0 Å². The minimum atomic E-state index is -0.935. The standard InChI is InChI=1S/C11H16N2O3/c1-3-8(7-12-2)10(14)13-6-4-5-9(13)11(15)16/h3,7,9H,4-6H2,1-2H3,(H,15,16). The number of aliphatic carboxylic acids is 1. The van der Waals surface area contributed by atoms with Crippen LogP contribution in [0.4, 0.5) is 0 Å². The number of hydrogen-bond acceptors (Lipinski definition) is 3. The van der Waals surface area contributed by atoms with Gasteiger partial charge in [0, 0.05) is 19.8 Å². The van der Waals surface area contributed by atoms with Crippen LogP contribution in [0.5, 0.6) is 0 Å². The lowest BCUT2D eigenvalue weighted by atomic mass is 10.2. The first kappa shape index (κ1) is 12.4. The summed E-state index contributed by atoms with van der Waals surface area (Å²) in [6.45, 7) is 2.24. The van der Waals surface area contributed by atoms with Crippen LogP contribution in [0.25, 0.3) is 0 Å². The van der Waals surface area contributed by atoms with Crippen LogP contribution < -0.4 is 0 Å². The van der Waals surface area contributed by atoms with E-state index in [4.69, 9.17) is 5.11 Å². The Bertz CT molecular complexity index is 347. The molecule has 1 fully saturated rings. The van der Waals surface area contributed by atoms with Crippen molar-refractivity contribution in [1.82, 2.24) is 4.90 Å². The lowest BCUT2D eigenvalue weighted by Crippen LogP contribution is -2.41. The van der Waals surface area contributed by atoms with Crippen molar-refractivity contribution >= 4 is 18.1 Å².